The lowest BCUT2D eigenvalue weighted by molar-refractivity contribution is 0.0825. The molecule has 20 heavy (non-hydrogen) atoms. The van der Waals surface area contributed by atoms with E-state index in [0.29, 0.717) is 6.61 Å². The molecule has 1 aromatic carbocycles. The second kappa shape index (κ2) is 5.94. The minimum Gasteiger partial charge on any atom is -0.493 e. The fourth-order valence-electron chi connectivity index (χ4n) is 2.97. The van der Waals surface area contributed by atoms with E-state index in [1.165, 1.54) is 0 Å². The summed E-state index contributed by atoms with van der Waals surface area (Å²) >= 11 is 0. The first-order chi connectivity index (χ1) is 9.74. The van der Waals surface area contributed by atoms with E-state index in [4.69, 9.17) is 4.74 Å². The first-order valence-electron chi connectivity index (χ1n) is 7.41. The van der Waals surface area contributed by atoms with Crippen LogP contribution in [0.2, 0.25) is 0 Å². The summed E-state index contributed by atoms with van der Waals surface area (Å²) < 4.78 is 5.71. The number of likely N-dealkylation sites (N-methyl/N-ethyl adjacent to an activating group) is 1. The average molecular weight is 274 g/mol. The molecule has 2 heterocycles. The molecule has 0 radical (unpaired) electrons. The molecule has 1 saturated heterocycles. The van der Waals surface area contributed by atoms with Crippen molar-refractivity contribution in [2.45, 2.75) is 6.42 Å². The number of hydrogen-bond acceptors (Lipinski definition) is 4. The molecule has 0 aromatic heterocycles. The minimum absolute atomic E-state index is 0.0713. The number of benzene rings is 1. The van der Waals surface area contributed by atoms with Gasteiger partial charge in [0.1, 0.15) is 5.75 Å². The Morgan fingerprint density at radius 3 is 2.75 bits per heavy atom. The molecule has 4 nitrogen and oxygen atoms in total. The summed E-state index contributed by atoms with van der Waals surface area (Å²) in [6, 6.07) is 7.62. The number of piperazine rings is 1. The maximum atomic E-state index is 12.7. The fraction of sp³-hybridized carbons (Fsp3) is 0.562. The highest BCUT2D eigenvalue weighted by atomic mass is 16.5. The minimum atomic E-state index is 0.0713. The number of ether oxygens (including phenoxy) is 1. The molecule has 4 heteroatoms. The zero-order valence-electron chi connectivity index (χ0n) is 12.0. The van der Waals surface area contributed by atoms with Crippen LogP contribution in [0.4, 0.5) is 0 Å². The molecule has 0 aliphatic carbocycles. The summed E-state index contributed by atoms with van der Waals surface area (Å²) in [5, 5.41) is 0. The number of ketones is 1. The molecule has 0 spiro atoms. The summed E-state index contributed by atoms with van der Waals surface area (Å²) in [6.07, 6.45) is 0.819. The van der Waals surface area contributed by atoms with Crippen LogP contribution in [0, 0.1) is 5.92 Å². The van der Waals surface area contributed by atoms with E-state index in [0.717, 1.165) is 50.5 Å². The Morgan fingerprint density at radius 1 is 1.20 bits per heavy atom. The Hall–Kier alpha value is -1.39. The highest BCUT2D eigenvalue weighted by Crippen LogP contribution is 2.27. The summed E-state index contributed by atoms with van der Waals surface area (Å²) in [7, 11) is 2.15. The molecule has 0 bridgehead atoms. The van der Waals surface area contributed by atoms with E-state index in [2.05, 4.69) is 16.8 Å². The van der Waals surface area contributed by atoms with Crippen molar-refractivity contribution in [3.8, 4) is 5.75 Å². The average Bonchev–Trinajstić information content (AvgIpc) is 2.62. The van der Waals surface area contributed by atoms with E-state index in [1.54, 1.807) is 0 Å². The number of hydrogen-bond donors (Lipinski definition) is 0. The zero-order chi connectivity index (χ0) is 13.9. The van der Waals surface area contributed by atoms with Crippen LogP contribution in [0.1, 0.15) is 16.8 Å². The third kappa shape index (κ3) is 2.86. The standard InChI is InChI=1S/C16H22N2O2/c1-17-7-9-18(10-8-17)12-13-6-11-20-15-5-3-2-4-14(15)16(13)19/h2-5,13H,6-12H2,1H3. The Morgan fingerprint density at radius 2 is 1.95 bits per heavy atom. The Kier molecular flexibility index (Phi) is 4.03. The zero-order valence-corrected chi connectivity index (χ0v) is 12.0. The maximum Gasteiger partial charge on any atom is 0.171 e. The molecule has 108 valence electrons. The molecule has 0 saturated carbocycles. The normalized spacial score (nSPS) is 24.9. The van der Waals surface area contributed by atoms with Crippen molar-refractivity contribution in [1.29, 1.82) is 0 Å². The summed E-state index contributed by atoms with van der Waals surface area (Å²) in [5.41, 5.74) is 0.754. The van der Waals surface area contributed by atoms with Gasteiger partial charge in [0.15, 0.2) is 5.78 Å². The summed E-state index contributed by atoms with van der Waals surface area (Å²) in [4.78, 5) is 17.4. The van der Waals surface area contributed by atoms with Crippen molar-refractivity contribution >= 4 is 5.78 Å². The molecule has 0 amide bonds. The predicted octanol–water partition coefficient (Wildman–Crippen LogP) is 1.52. The van der Waals surface area contributed by atoms with Gasteiger partial charge in [-0.2, -0.15) is 0 Å². The van der Waals surface area contributed by atoms with Gasteiger partial charge in [-0.3, -0.25) is 4.79 Å². The van der Waals surface area contributed by atoms with Gasteiger partial charge in [0, 0.05) is 38.6 Å². The van der Waals surface area contributed by atoms with Crippen molar-refractivity contribution in [3.05, 3.63) is 29.8 Å². The van der Waals surface area contributed by atoms with Crippen molar-refractivity contribution in [1.82, 2.24) is 9.80 Å². The van der Waals surface area contributed by atoms with Gasteiger partial charge in [0.25, 0.3) is 0 Å². The topological polar surface area (TPSA) is 32.8 Å². The van der Waals surface area contributed by atoms with Gasteiger partial charge < -0.3 is 14.5 Å². The van der Waals surface area contributed by atoms with Gasteiger partial charge >= 0.3 is 0 Å². The van der Waals surface area contributed by atoms with Crippen molar-refractivity contribution < 1.29 is 9.53 Å². The lowest BCUT2D eigenvalue weighted by Crippen LogP contribution is -2.47. The van der Waals surface area contributed by atoms with E-state index < -0.39 is 0 Å². The predicted molar refractivity (Wildman–Crippen MR) is 78.3 cm³/mol. The van der Waals surface area contributed by atoms with E-state index in [-0.39, 0.29) is 11.7 Å². The first kappa shape index (κ1) is 13.6. The van der Waals surface area contributed by atoms with Gasteiger partial charge in [0.05, 0.1) is 12.2 Å². The quantitative estimate of drug-likeness (QED) is 0.818. The molecular weight excluding hydrogens is 252 g/mol. The molecule has 3 rings (SSSR count). The fourth-order valence-corrected chi connectivity index (χ4v) is 2.97. The number of Topliss-reactive ketones (excluding diaryl/α,β-unsaturated/α-hetero) is 1. The van der Waals surface area contributed by atoms with Gasteiger partial charge in [-0.15, -0.1) is 0 Å². The Balaban J connectivity index is 1.70. The third-order valence-corrected chi connectivity index (χ3v) is 4.32. The number of para-hydroxylation sites is 1. The van der Waals surface area contributed by atoms with Gasteiger partial charge in [-0.1, -0.05) is 12.1 Å². The molecule has 2 aliphatic rings. The molecule has 1 unspecified atom stereocenters. The first-order valence-corrected chi connectivity index (χ1v) is 7.41. The summed E-state index contributed by atoms with van der Waals surface area (Å²) in [5.74, 6) is 1.07. The molecule has 2 aliphatic heterocycles. The van der Waals surface area contributed by atoms with E-state index in [1.807, 2.05) is 24.3 Å². The monoisotopic (exact) mass is 274 g/mol. The molecule has 1 aromatic rings. The van der Waals surface area contributed by atoms with Crippen LogP contribution >= 0.6 is 0 Å². The van der Waals surface area contributed by atoms with Crippen molar-refractivity contribution in [2.75, 3.05) is 46.4 Å². The van der Waals surface area contributed by atoms with Crippen LogP contribution < -0.4 is 4.74 Å². The Labute approximate surface area is 120 Å². The maximum absolute atomic E-state index is 12.7. The van der Waals surface area contributed by atoms with Crippen LogP contribution in [-0.2, 0) is 0 Å². The van der Waals surface area contributed by atoms with E-state index in [9.17, 15) is 4.79 Å². The molecular formula is C16H22N2O2. The highest BCUT2D eigenvalue weighted by molar-refractivity contribution is 6.00. The number of carbonyl (C=O) groups excluding carboxylic acids is 1. The lowest BCUT2D eigenvalue weighted by Gasteiger charge is -2.34. The van der Waals surface area contributed by atoms with Crippen LogP contribution in [0.3, 0.4) is 0 Å². The third-order valence-electron chi connectivity index (χ3n) is 4.32. The molecule has 0 N–H and O–H groups in total. The number of fused-ring (bicyclic) bond motifs is 1. The van der Waals surface area contributed by atoms with E-state index >= 15 is 0 Å². The SMILES string of the molecule is CN1CCN(CC2CCOc3ccccc3C2=O)CC1. The van der Waals surface area contributed by atoms with Crippen molar-refractivity contribution in [2.24, 2.45) is 5.92 Å². The van der Waals surface area contributed by atoms with Gasteiger partial charge in [0.2, 0.25) is 0 Å². The van der Waals surface area contributed by atoms with Gasteiger partial charge in [-0.25, -0.2) is 0 Å². The lowest BCUT2D eigenvalue weighted by atomic mass is 9.94. The number of nitrogens with zero attached hydrogens (tertiary/aromatic N) is 2. The molecule has 1 fully saturated rings. The second-order valence-electron chi connectivity index (χ2n) is 5.80. The second-order valence-corrected chi connectivity index (χ2v) is 5.80. The van der Waals surface area contributed by atoms with Crippen LogP contribution in [0.15, 0.2) is 24.3 Å². The van der Waals surface area contributed by atoms with Crippen molar-refractivity contribution in [3.63, 3.8) is 0 Å². The number of carbonyl (C=O) groups is 1. The Bertz CT molecular complexity index is 481. The smallest absolute Gasteiger partial charge is 0.171 e. The van der Waals surface area contributed by atoms with Gasteiger partial charge in [-0.05, 0) is 25.6 Å². The largest absolute Gasteiger partial charge is 0.493 e. The molecule has 1 atom stereocenters. The number of rotatable bonds is 2. The van der Waals surface area contributed by atoms with Crippen LogP contribution in [0.25, 0.3) is 0 Å². The highest BCUT2D eigenvalue weighted by Gasteiger charge is 2.28. The van der Waals surface area contributed by atoms with Crippen LogP contribution in [-0.4, -0.2) is 62.0 Å². The summed E-state index contributed by atoms with van der Waals surface area (Å²) in [6.45, 7) is 5.80. The van der Waals surface area contributed by atoms with Crippen LogP contribution in [0.5, 0.6) is 5.75 Å².